The molecule has 0 unspecified atom stereocenters. The first-order valence-corrected chi connectivity index (χ1v) is 10.5. The summed E-state index contributed by atoms with van der Waals surface area (Å²) in [6.45, 7) is 10.9. The van der Waals surface area contributed by atoms with E-state index < -0.39 is 0 Å². The monoisotopic (exact) mass is 494 g/mol. The second-order valence-corrected chi connectivity index (χ2v) is 7.85. The van der Waals surface area contributed by atoms with Gasteiger partial charge in [-0.15, -0.1) is 24.0 Å². The topological polar surface area (TPSA) is 66.0 Å². The zero-order valence-corrected chi connectivity index (χ0v) is 19.7. The summed E-state index contributed by atoms with van der Waals surface area (Å²) < 4.78 is 6.17. The molecule has 1 aliphatic carbocycles. The summed E-state index contributed by atoms with van der Waals surface area (Å²) in [5.74, 6) is 1.87. The maximum absolute atomic E-state index is 11.6. The van der Waals surface area contributed by atoms with Crippen LogP contribution in [0, 0.1) is 11.8 Å². The van der Waals surface area contributed by atoms with Gasteiger partial charge in [-0.3, -0.25) is 9.79 Å². The molecule has 1 heterocycles. The molecule has 1 aliphatic heterocycles. The summed E-state index contributed by atoms with van der Waals surface area (Å²) in [6.07, 6.45) is 8.01. The number of guanidine groups is 1. The molecule has 27 heavy (non-hydrogen) atoms. The third kappa shape index (κ3) is 8.98. The van der Waals surface area contributed by atoms with Gasteiger partial charge in [0.2, 0.25) is 5.91 Å². The van der Waals surface area contributed by atoms with E-state index in [2.05, 4.69) is 27.4 Å². The van der Waals surface area contributed by atoms with Gasteiger partial charge in [0.1, 0.15) is 0 Å². The molecule has 1 amide bonds. The minimum atomic E-state index is 0. The molecular weight excluding hydrogens is 455 g/mol. The molecule has 2 rings (SSSR count). The Morgan fingerprint density at radius 2 is 1.81 bits per heavy atom. The average molecular weight is 494 g/mol. The van der Waals surface area contributed by atoms with E-state index >= 15 is 0 Å². The number of hydrogen-bond acceptors (Lipinski definition) is 3. The van der Waals surface area contributed by atoms with Crippen LogP contribution in [0.4, 0.5) is 0 Å². The Hall–Kier alpha value is -0.570. The van der Waals surface area contributed by atoms with Gasteiger partial charge < -0.3 is 20.3 Å². The van der Waals surface area contributed by atoms with Gasteiger partial charge in [0.05, 0.1) is 12.6 Å². The van der Waals surface area contributed by atoms with Crippen LogP contribution in [0.1, 0.15) is 59.3 Å². The Kier molecular flexibility index (Phi) is 12.3. The number of rotatable bonds is 8. The molecular formula is C20H39IN4O2. The quantitative estimate of drug-likeness (QED) is 0.236. The van der Waals surface area contributed by atoms with E-state index in [-0.39, 0.29) is 35.8 Å². The van der Waals surface area contributed by atoms with Crippen LogP contribution >= 0.6 is 24.0 Å². The van der Waals surface area contributed by atoms with Crippen molar-refractivity contribution in [2.75, 3.05) is 39.3 Å². The number of carbonyl (C=O) groups excluding carboxylic acids is 1. The van der Waals surface area contributed by atoms with E-state index in [4.69, 9.17) is 4.74 Å². The van der Waals surface area contributed by atoms with Crippen molar-refractivity contribution in [2.24, 2.45) is 16.8 Å². The van der Waals surface area contributed by atoms with Crippen LogP contribution in [-0.4, -0.2) is 62.2 Å². The van der Waals surface area contributed by atoms with Gasteiger partial charge in [-0.2, -0.15) is 0 Å². The molecule has 7 heteroatoms. The molecule has 0 bridgehead atoms. The molecule has 2 aliphatic rings. The smallest absolute Gasteiger partial charge is 0.222 e. The summed E-state index contributed by atoms with van der Waals surface area (Å²) in [7, 11) is 0. The SMILES string of the molecule is CCNC(=NCCNC(=O)C(C)C)N1CCC(OCC2CCCC2)CC1.I. The number of piperidine rings is 1. The summed E-state index contributed by atoms with van der Waals surface area (Å²) in [5.41, 5.74) is 0. The summed E-state index contributed by atoms with van der Waals surface area (Å²) >= 11 is 0. The van der Waals surface area contributed by atoms with E-state index in [1.165, 1.54) is 25.7 Å². The van der Waals surface area contributed by atoms with Crippen molar-refractivity contribution in [1.82, 2.24) is 15.5 Å². The Labute approximate surface area is 182 Å². The number of halogens is 1. The van der Waals surface area contributed by atoms with Crippen LogP contribution in [0.3, 0.4) is 0 Å². The lowest BCUT2D eigenvalue weighted by atomic mass is 10.1. The normalized spacial score (nSPS) is 19.3. The van der Waals surface area contributed by atoms with E-state index in [0.717, 1.165) is 51.0 Å². The van der Waals surface area contributed by atoms with Crippen molar-refractivity contribution in [1.29, 1.82) is 0 Å². The maximum Gasteiger partial charge on any atom is 0.222 e. The van der Waals surface area contributed by atoms with Crippen LogP contribution in [0.5, 0.6) is 0 Å². The fourth-order valence-corrected chi connectivity index (χ4v) is 3.65. The van der Waals surface area contributed by atoms with Gasteiger partial charge in [0, 0.05) is 38.7 Å². The minimum absolute atomic E-state index is 0. The first kappa shape index (κ1) is 24.5. The number of carbonyl (C=O) groups is 1. The molecule has 0 aromatic heterocycles. The predicted octanol–water partition coefficient (Wildman–Crippen LogP) is 3.01. The number of nitrogens with one attached hydrogen (secondary N) is 2. The second kappa shape index (κ2) is 13.6. The minimum Gasteiger partial charge on any atom is -0.378 e. The standard InChI is InChI=1S/C20H38N4O2.HI/c1-4-21-20(23-12-11-22-19(25)16(2)3)24-13-9-18(10-14-24)26-15-17-7-5-6-8-17;/h16-18H,4-15H2,1-3H3,(H,21,23)(H,22,25);1H. The number of hydrogen-bond donors (Lipinski definition) is 2. The number of ether oxygens (including phenoxy) is 1. The van der Waals surface area contributed by atoms with Crippen LogP contribution < -0.4 is 10.6 Å². The van der Waals surface area contributed by atoms with Crippen molar-refractivity contribution >= 4 is 35.8 Å². The highest BCUT2D eigenvalue weighted by Crippen LogP contribution is 2.26. The number of aliphatic imine (C=N–C) groups is 1. The highest BCUT2D eigenvalue weighted by atomic mass is 127. The fraction of sp³-hybridized carbons (Fsp3) is 0.900. The lowest BCUT2D eigenvalue weighted by Gasteiger charge is -2.34. The molecule has 0 aromatic rings. The second-order valence-electron chi connectivity index (χ2n) is 7.85. The Balaban J connectivity index is 0.00000364. The van der Waals surface area contributed by atoms with Gasteiger partial charge in [0.15, 0.2) is 5.96 Å². The largest absolute Gasteiger partial charge is 0.378 e. The molecule has 1 saturated carbocycles. The van der Waals surface area contributed by atoms with E-state index in [1.807, 2.05) is 13.8 Å². The molecule has 6 nitrogen and oxygen atoms in total. The van der Waals surface area contributed by atoms with Crippen LogP contribution in [0.2, 0.25) is 0 Å². The lowest BCUT2D eigenvalue weighted by molar-refractivity contribution is -0.123. The van der Waals surface area contributed by atoms with E-state index in [9.17, 15) is 4.79 Å². The average Bonchev–Trinajstić information content (AvgIpc) is 3.16. The van der Waals surface area contributed by atoms with E-state index in [1.54, 1.807) is 0 Å². The van der Waals surface area contributed by atoms with Gasteiger partial charge in [-0.1, -0.05) is 26.7 Å². The molecule has 0 spiro atoms. The lowest BCUT2D eigenvalue weighted by Crippen LogP contribution is -2.47. The van der Waals surface area contributed by atoms with Crippen LogP contribution in [0.15, 0.2) is 4.99 Å². The van der Waals surface area contributed by atoms with Crippen molar-refractivity contribution in [3.05, 3.63) is 0 Å². The molecule has 1 saturated heterocycles. The van der Waals surface area contributed by atoms with Gasteiger partial charge in [-0.05, 0) is 38.5 Å². The molecule has 2 N–H and O–H groups in total. The third-order valence-corrected chi connectivity index (χ3v) is 5.32. The highest BCUT2D eigenvalue weighted by Gasteiger charge is 2.23. The van der Waals surface area contributed by atoms with Crippen molar-refractivity contribution in [3.8, 4) is 0 Å². The van der Waals surface area contributed by atoms with Crippen LogP contribution in [-0.2, 0) is 9.53 Å². The maximum atomic E-state index is 11.6. The molecule has 158 valence electrons. The van der Waals surface area contributed by atoms with Crippen molar-refractivity contribution in [2.45, 2.75) is 65.4 Å². The predicted molar refractivity (Wildman–Crippen MR) is 122 cm³/mol. The third-order valence-electron chi connectivity index (χ3n) is 5.32. The highest BCUT2D eigenvalue weighted by molar-refractivity contribution is 14.0. The summed E-state index contributed by atoms with van der Waals surface area (Å²) in [5, 5.41) is 6.30. The van der Waals surface area contributed by atoms with Crippen LogP contribution in [0.25, 0.3) is 0 Å². The van der Waals surface area contributed by atoms with E-state index in [0.29, 0.717) is 19.2 Å². The Morgan fingerprint density at radius 1 is 1.15 bits per heavy atom. The van der Waals surface area contributed by atoms with Gasteiger partial charge in [0.25, 0.3) is 0 Å². The molecule has 0 aromatic carbocycles. The molecule has 0 radical (unpaired) electrons. The number of amides is 1. The fourth-order valence-electron chi connectivity index (χ4n) is 3.65. The van der Waals surface area contributed by atoms with Gasteiger partial charge >= 0.3 is 0 Å². The first-order valence-electron chi connectivity index (χ1n) is 10.5. The zero-order chi connectivity index (χ0) is 18.8. The number of likely N-dealkylation sites (tertiary alicyclic amines) is 1. The van der Waals surface area contributed by atoms with Gasteiger partial charge in [-0.25, -0.2) is 0 Å². The summed E-state index contributed by atoms with van der Waals surface area (Å²) in [6, 6.07) is 0. The zero-order valence-electron chi connectivity index (χ0n) is 17.3. The van der Waals surface area contributed by atoms with Crippen molar-refractivity contribution < 1.29 is 9.53 Å². The summed E-state index contributed by atoms with van der Waals surface area (Å²) in [4.78, 5) is 18.6. The van der Waals surface area contributed by atoms with Crippen molar-refractivity contribution in [3.63, 3.8) is 0 Å². The first-order chi connectivity index (χ1) is 12.6. The number of nitrogens with zero attached hydrogens (tertiary/aromatic N) is 2. The Bertz CT molecular complexity index is 445. The Morgan fingerprint density at radius 3 is 2.41 bits per heavy atom. The molecule has 0 atom stereocenters. The molecule has 2 fully saturated rings.